The quantitative estimate of drug-likeness (QED) is 0.114. The van der Waals surface area contributed by atoms with Crippen LogP contribution in [0.1, 0.15) is 6.23 Å². The van der Waals surface area contributed by atoms with Crippen LogP contribution in [0.15, 0.2) is 11.1 Å². The van der Waals surface area contributed by atoms with E-state index in [-0.39, 0.29) is 194 Å². The number of H-pyrrole nitrogens is 1. The summed E-state index contributed by atoms with van der Waals surface area (Å²) in [4.78, 5) is 88.0. The van der Waals surface area contributed by atoms with Crippen molar-refractivity contribution in [3.63, 3.8) is 0 Å². The number of fused-ring (bicyclic) bond motifs is 1. The monoisotopic (exact) mass is 815 g/mol. The molecular formula is C10H12N5Na6O20P5. The molecule has 4 unspecified atom stereocenters. The van der Waals surface area contributed by atoms with Crippen molar-refractivity contribution in [2.75, 3.05) is 12.3 Å². The summed E-state index contributed by atoms with van der Waals surface area (Å²) in [6.45, 7) is -1.31. The van der Waals surface area contributed by atoms with E-state index in [9.17, 15) is 67.2 Å². The van der Waals surface area contributed by atoms with Crippen molar-refractivity contribution < 1.29 is 266 Å². The molecule has 0 radical (unpaired) electrons. The predicted octanol–water partition coefficient (Wildman–Crippen LogP) is -23.9. The summed E-state index contributed by atoms with van der Waals surface area (Å²) in [5, 5.41) is 20.5. The van der Waals surface area contributed by atoms with Gasteiger partial charge in [0.05, 0.1) is 20.8 Å². The van der Waals surface area contributed by atoms with Crippen LogP contribution in [0.3, 0.4) is 0 Å². The minimum atomic E-state index is -6.74. The summed E-state index contributed by atoms with van der Waals surface area (Å²) in [6.07, 6.45) is -6.22. The number of nitrogen functional groups attached to an aromatic ring is 1. The Kier molecular flexibility index (Phi) is 27.9. The van der Waals surface area contributed by atoms with Crippen LogP contribution in [-0.2, 0) is 49.3 Å². The first-order chi connectivity index (χ1) is 18.0. The van der Waals surface area contributed by atoms with Crippen LogP contribution in [0.4, 0.5) is 5.95 Å². The van der Waals surface area contributed by atoms with Crippen LogP contribution in [0, 0.1) is 0 Å². The van der Waals surface area contributed by atoms with Gasteiger partial charge in [0.2, 0.25) is 5.95 Å². The number of imidazole rings is 1. The molecule has 2 aromatic heterocycles. The van der Waals surface area contributed by atoms with Gasteiger partial charge in [-0.25, -0.2) is 17.9 Å². The number of nitrogens with zero attached hydrogens (tertiary/aromatic N) is 3. The van der Waals surface area contributed by atoms with Crippen LogP contribution in [0.25, 0.3) is 11.2 Å². The van der Waals surface area contributed by atoms with Gasteiger partial charge in [0.15, 0.2) is 17.4 Å². The Labute approximate surface area is 389 Å². The van der Waals surface area contributed by atoms with Gasteiger partial charge in [0, 0.05) is 0 Å². The summed E-state index contributed by atoms with van der Waals surface area (Å²) in [5.41, 5.74) is 4.17. The third-order valence-electron chi connectivity index (χ3n) is 4.26. The molecule has 36 heteroatoms. The van der Waals surface area contributed by atoms with Gasteiger partial charge in [-0.1, -0.05) is 0 Å². The molecule has 25 nitrogen and oxygen atoms in total. The van der Waals surface area contributed by atoms with Gasteiger partial charge >= 0.3 is 177 Å². The molecule has 0 saturated carbocycles. The number of hydrogen-bond donors (Lipinski definition) is 4. The second kappa shape index (κ2) is 22.3. The third-order valence-corrected chi connectivity index (χ3v) is 11.1. The first-order valence-electron chi connectivity index (χ1n) is 9.50. The molecule has 0 spiro atoms. The summed E-state index contributed by atoms with van der Waals surface area (Å²) < 4.78 is 78.8. The number of nitrogens with one attached hydrogen (secondary N) is 1. The third kappa shape index (κ3) is 17.5. The van der Waals surface area contributed by atoms with E-state index in [4.69, 9.17) is 10.5 Å². The Hall–Kier alpha value is 4.74. The van der Waals surface area contributed by atoms with Crippen molar-refractivity contribution in [2.24, 2.45) is 0 Å². The second-order valence-electron chi connectivity index (χ2n) is 7.18. The van der Waals surface area contributed by atoms with Crippen molar-refractivity contribution >= 4 is 56.2 Å². The Bertz CT molecular complexity index is 1590. The summed E-state index contributed by atoms with van der Waals surface area (Å²) in [7, 11) is -32.6. The van der Waals surface area contributed by atoms with Gasteiger partial charge in [0.1, 0.15) is 18.3 Å². The summed E-state index contributed by atoms with van der Waals surface area (Å²) in [5.74, 6) is -0.365. The minimum Gasteiger partial charge on any atom is -0.790 e. The number of phosphoric acid groups is 5. The van der Waals surface area contributed by atoms with E-state index >= 15 is 0 Å². The number of ether oxygens (including phenoxy) is 1. The van der Waals surface area contributed by atoms with Crippen molar-refractivity contribution in [1.82, 2.24) is 19.5 Å². The number of aromatic nitrogens is 4. The zero-order valence-corrected chi connectivity index (χ0v) is 41.0. The predicted molar refractivity (Wildman–Crippen MR) is 107 cm³/mol. The maximum atomic E-state index is 11.9. The van der Waals surface area contributed by atoms with Crippen LogP contribution in [-0.4, -0.2) is 54.7 Å². The van der Waals surface area contributed by atoms with Crippen molar-refractivity contribution in [3.05, 3.63) is 16.7 Å². The molecule has 46 heavy (non-hydrogen) atoms. The molecule has 2 aromatic rings. The van der Waals surface area contributed by atoms with E-state index in [0.29, 0.717) is 0 Å². The fourth-order valence-corrected chi connectivity index (χ4v) is 8.55. The number of aliphatic hydroxyl groups is 2. The molecule has 3 heterocycles. The Balaban J connectivity index is -0.00000147. The van der Waals surface area contributed by atoms with Crippen molar-refractivity contribution in [2.45, 2.75) is 24.5 Å². The number of nitrogens with two attached hydrogens (primary N) is 1. The van der Waals surface area contributed by atoms with Gasteiger partial charge in [-0.15, -0.1) is 0 Å². The van der Waals surface area contributed by atoms with Crippen molar-refractivity contribution in [3.8, 4) is 0 Å². The van der Waals surface area contributed by atoms with Crippen LogP contribution >= 0.6 is 39.1 Å². The molecule has 1 fully saturated rings. The molecule has 8 atom stereocenters. The minimum absolute atomic E-state index is 0. The summed E-state index contributed by atoms with van der Waals surface area (Å²) >= 11 is 0. The van der Waals surface area contributed by atoms with E-state index in [0.717, 1.165) is 10.9 Å². The average molecular weight is 815 g/mol. The van der Waals surface area contributed by atoms with Gasteiger partial charge in [-0.05, 0) is 0 Å². The first kappa shape index (κ1) is 57.5. The zero-order chi connectivity index (χ0) is 30.5. The topological polar surface area (TPSA) is 409 Å². The first-order valence-corrected chi connectivity index (χ1v) is 16.8. The van der Waals surface area contributed by atoms with Gasteiger partial charge < -0.3 is 59.1 Å². The molecule has 1 aliphatic rings. The van der Waals surface area contributed by atoms with E-state index in [1.807, 2.05) is 0 Å². The Morgan fingerprint density at radius 3 is 1.76 bits per heavy atom. The summed E-state index contributed by atoms with van der Waals surface area (Å²) in [6, 6.07) is 0. The van der Waals surface area contributed by atoms with E-state index < -0.39 is 75.8 Å². The van der Waals surface area contributed by atoms with E-state index in [2.05, 4.69) is 36.7 Å². The Morgan fingerprint density at radius 2 is 1.28 bits per heavy atom. The van der Waals surface area contributed by atoms with Crippen LogP contribution in [0.2, 0.25) is 0 Å². The number of aromatic amines is 1. The number of hydrogen-bond acceptors (Lipinski definition) is 23. The van der Waals surface area contributed by atoms with Gasteiger partial charge in [-0.2, -0.15) is 4.98 Å². The van der Waals surface area contributed by atoms with Gasteiger partial charge in [-0.3, -0.25) is 36.9 Å². The van der Waals surface area contributed by atoms with Crippen LogP contribution < -0.4 is 218 Å². The SMILES string of the molecule is Nc1nc2c(ncn2[C@@H]2O[C@H](COP(=O)([O-])OP(=O)([O-])OP(=O)([O-])OP(=O)([O-])OP(=O)([O-])[O-])[C@@H](O)[C@H]2O)c(=O)[nH]1.[Na+].[Na+].[Na+].[Na+].[Na+].[Na+]. The molecular weight excluding hydrogens is 803 g/mol. The fraction of sp³-hybridized carbons (Fsp3) is 0.500. The van der Waals surface area contributed by atoms with E-state index in [1.54, 1.807) is 0 Å². The number of phosphoric ester groups is 1. The maximum Gasteiger partial charge on any atom is 1.00 e. The zero-order valence-electron chi connectivity index (χ0n) is 24.5. The molecule has 0 aliphatic carbocycles. The molecule has 5 N–H and O–H groups in total. The van der Waals surface area contributed by atoms with Gasteiger partial charge in [0.25, 0.3) is 36.9 Å². The molecule has 1 saturated heterocycles. The maximum absolute atomic E-state index is 11.9. The molecule has 0 aromatic carbocycles. The molecule has 1 aliphatic heterocycles. The standard InChI is InChI=1S/C10H18N5O20P5.6Na/c11-10-13-7-4(8(18)14-10)12-2-15(7)9-6(17)5(16)3(31-9)1-30-37(22,23)33-39(26,27)35-40(28,29)34-38(24,25)32-36(19,20)21;;;;;;/h2-3,5-6,9,16-17H,1H2,(H,22,23)(H,24,25)(H,26,27)(H,28,29)(H2,19,20,21)(H3,11,13,14,18);;;;;;/q;6*+1/p-6/t3-,5-,6-,9-;;;;;;/m1....../s1. The normalized spacial score (nSPS) is 24.3. The number of anilines is 1. The fourth-order valence-electron chi connectivity index (χ4n) is 2.95. The number of rotatable bonds is 12. The molecule has 0 bridgehead atoms. The molecule has 228 valence electrons. The molecule has 0 amide bonds. The average Bonchev–Trinajstić information content (AvgIpc) is 3.23. The largest absolute Gasteiger partial charge is 1.00 e. The second-order valence-corrected chi connectivity index (χ2v) is 14.5. The smallest absolute Gasteiger partial charge is 0.790 e. The Morgan fingerprint density at radius 1 is 0.826 bits per heavy atom. The van der Waals surface area contributed by atoms with Crippen LogP contribution in [0.5, 0.6) is 0 Å². The van der Waals surface area contributed by atoms with E-state index in [1.165, 1.54) is 0 Å². The molecule has 3 rings (SSSR count). The number of aliphatic hydroxyl groups excluding tert-OH is 2. The van der Waals surface area contributed by atoms with Crippen molar-refractivity contribution in [1.29, 1.82) is 0 Å².